The number of aryl methyl sites for hydroxylation is 1. The Hall–Kier alpha value is -1.09. The Bertz CT molecular complexity index is 325. The van der Waals surface area contributed by atoms with Crippen LogP contribution in [0.15, 0.2) is 12.1 Å². The van der Waals surface area contributed by atoms with Gasteiger partial charge in [-0.15, -0.1) is 0 Å². The maximum absolute atomic E-state index is 11.2. The fourth-order valence-electron chi connectivity index (χ4n) is 1.04. The summed E-state index contributed by atoms with van der Waals surface area (Å²) in [6.07, 6.45) is 0.658. The summed E-state index contributed by atoms with van der Waals surface area (Å²) in [7, 11) is 1.34. The number of hydrogen-bond donors (Lipinski definition) is 0. The standard InChI is InChI=1S/C9H10ClNO2/c1-3-7-6(9(12)13-2)4-5-8(10)11-7/h4-5H,3H2,1-2H3. The van der Waals surface area contributed by atoms with Crippen molar-refractivity contribution in [2.24, 2.45) is 0 Å². The first kappa shape index (κ1) is 9.99. The maximum Gasteiger partial charge on any atom is 0.339 e. The Labute approximate surface area is 81.7 Å². The van der Waals surface area contributed by atoms with Crippen molar-refractivity contribution < 1.29 is 9.53 Å². The maximum atomic E-state index is 11.2. The molecular weight excluding hydrogens is 190 g/mol. The van der Waals surface area contributed by atoms with Gasteiger partial charge in [0.2, 0.25) is 0 Å². The molecule has 0 radical (unpaired) electrons. The molecule has 0 bridgehead atoms. The summed E-state index contributed by atoms with van der Waals surface area (Å²) in [4.78, 5) is 15.2. The number of carbonyl (C=O) groups is 1. The van der Waals surface area contributed by atoms with E-state index in [9.17, 15) is 4.79 Å². The Kier molecular flexibility index (Phi) is 3.25. The number of rotatable bonds is 2. The van der Waals surface area contributed by atoms with E-state index in [-0.39, 0.29) is 5.97 Å². The predicted octanol–water partition coefficient (Wildman–Crippen LogP) is 2.08. The molecular formula is C9H10ClNO2. The molecule has 0 fully saturated rings. The van der Waals surface area contributed by atoms with Crippen molar-refractivity contribution >= 4 is 17.6 Å². The second kappa shape index (κ2) is 4.23. The summed E-state index contributed by atoms with van der Waals surface area (Å²) < 4.78 is 4.60. The molecule has 0 aromatic carbocycles. The first-order valence-electron chi connectivity index (χ1n) is 3.92. The van der Waals surface area contributed by atoms with Crippen molar-refractivity contribution in [1.82, 2.24) is 4.98 Å². The van der Waals surface area contributed by atoms with Crippen molar-refractivity contribution in [3.8, 4) is 0 Å². The van der Waals surface area contributed by atoms with Gasteiger partial charge in [0.1, 0.15) is 5.15 Å². The third-order valence-corrected chi connectivity index (χ3v) is 1.89. The minimum absolute atomic E-state index is 0.374. The monoisotopic (exact) mass is 199 g/mol. The molecule has 1 rings (SSSR count). The van der Waals surface area contributed by atoms with Gasteiger partial charge in [-0.2, -0.15) is 0 Å². The first-order valence-corrected chi connectivity index (χ1v) is 4.30. The van der Waals surface area contributed by atoms with E-state index >= 15 is 0 Å². The summed E-state index contributed by atoms with van der Waals surface area (Å²) in [5.74, 6) is -0.374. The highest BCUT2D eigenvalue weighted by atomic mass is 35.5. The van der Waals surface area contributed by atoms with Gasteiger partial charge in [0.05, 0.1) is 18.4 Å². The zero-order chi connectivity index (χ0) is 9.84. The Morgan fingerprint density at radius 3 is 2.85 bits per heavy atom. The molecule has 0 aliphatic heterocycles. The number of halogens is 1. The molecule has 3 nitrogen and oxygen atoms in total. The lowest BCUT2D eigenvalue weighted by atomic mass is 10.1. The molecule has 1 aromatic rings. The van der Waals surface area contributed by atoms with Crippen LogP contribution in [0.5, 0.6) is 0 Å². The second-order valence-electron chi connectivity index (χ2n) is 2.47. The van der Waals surface area contributed by atoms with Crippen molar-refractivity contribution in [3.05, 3.63) is 28.5 Å². The molecule has 0 saturated heterocycles. The number of aromatic nitrogens is 1. The van der Waals surface area contributed by atoms with Gasteiger partial charge in [-0.25, -0.2) is 9.78 Å². The van der Waals surface area contributed by atoms with Crippen LogP contribution in [0.4, 0.5) is 0 Å². The lowest BCUT2D eigenvalue weighted by molar-refractivity contribution is 0.0599. The SMILES string of the molecule is CCc1nc(Cl)ccc1C(=O)OC. The van der Waals surface area contributed by atoms with Crippen molar-refractivity contribution in [3.63, 3.8) is 0 Å². The van der Waals surface area contributed by atoms with Crippen LogP contribution in [0.1, 0.15) is 23.0 Å². The van der Waals surface area contributed by atoms with Crippen molar-refractivity contribution in [2.45, 2.75) is 13.3 Å². The minimum atomic E-state index is -0.374. The van der Waals surface area contributed by atoms with E-state index in [0.29, 0.717) is 22.8 Å². The van der Waals surface area contributed by atoms with Gasteiger partial charge < -0.3 is 4.74 Å². The number of methoxy groups -OCH3 is 1. The molecule has 0 aliphatic rings. The summed E-state index contributed by atoms with van der Waals surface area (Å²) in [5, 5.41) is 0.393. The molecule has 0 saturated carbocycles. The van der Waals surface area contributed by atoms with Crippen LogP contribution in [-0.2, 0) is 11.2 Å². The van der Waals surface area contributed by atoms with Crippen molar-refractivity contribution in [1.29, 1.82) is 0 Å². The molecule has 1 heterocycles. The lowest BCUT2D eigenvalue weighted by Gasteiger charge is -2.04. The fourth-order valence-corrected chi connectivity index (χ4v) is 1.21. The average molecular weight is 200 g/mol. The van der Waals surface area contributed by atoms with Crippen LogP contribution in [0, 0.1) is 0 Å². The quantitative estimate of drug-likeness (QED) is 0.541. The highest BCUT2D eigenvalue weighted by molar-refractivity contribution is 6.29. The molecule has 13 heavy (non-hydrogen) atoms. The molecule has 0 amide bonds. The van der Waals surface area contributed by atoms with E-state index in [1.54, 1.807) is 12.1 Å². The van der Waals surface area contributed by atoms with Gasteiger partial charge in [0, 0.05) is 0 Å². The highest BCUT2D eigenvalue weighted by Crippen LogP contribution is 2.12. The summed E-state index contributed by atoms with van der Waals surface area (Å²) in [5.41, 5.74) is 1.15. The summed E-state index contributed by atoms with van der Waals surface area (Å²) in [6, 6.07) is 3.20. The molecule has 0 N–H and O–H groups in total. The third-order valence-electron chi connectivity index (χ3n) is 1.68. The highest BCUT2D eigenvalue weighted by Gasteiger charge is 2.11. The second-order valence-corrected chi connectivity index (χ2v) is 2.86. The van der Waals surface area contributed by atoms with E-state index in [1.165, 1.54) is 7.11 Å². The van der Waals surface area contributed by atoms with Crippen LogP contribution in [0.2, 0.25) is 5.15 Å². The number of hydrogen-bond acceptors (Lipinski definition) is 3. The average Bonchev–Trinajstić information content (AvgIpc) is 2.16. The topological polar surface area (TPSA) is 39.2 Å². The van der Waals surface area contributed by atoms with Gasteiger partial charge in [-0.05, 0) is 18.6 Å². The fraction of sp³-hybridized carbons (Fsp3) is 0.333. The Balaban J connectivity index is 3.13. The molecule has 1 aromatic heterocycles. The zero-order valence-corrected chi connectivity index (χ0v) is 8.26. The van der Waals surface area contributed by atoms with E-state index in [4.69, 9.17) is 11.6 Å². The Morgan fingerprint density at radius 1 is 1.62 bits per heavy atom. The largest absolute Gasteiger partial charge is 0.465 e. The van der Waals surface area contributed by atoms with Gasteiger partial charge in [0.25, 0.3) is 0 Å². The van der Waals surface area contributed by atoms with E-state index < -0.39 is 0 Å². The van der Waals surface area contributed by atoms with Crippen LogP contribution in [0.25, 0.3) is 0 Å². The molecule has 0 unspecified atom stereocenters. The molecule has 70 valence electrons. The van der Waals surface area contributed by atoms with Gasteiger partial charge in [-0.1, -0.05) is 18.5 Å². The minimum Gasteiger partial charge on any atom is -0.465 e. The summed E-state index contributed by atoms with van der Waals surface area (Å²) in [6.45, 7) is 1.91. The molecule has 0 atom stereocenters. The molecule has 4 heteroatoms. The van der Waals surface area contributed by atoms with Gasteiger partial charge in [-0.3, -0.25) is 0 Å². The van der Waals surface area contributed by atoms with Crippen molar-refractivity contribution in [2.75, 3.05) is 7.11 Å². The van der Waals surface area contributed by atoms with Crippen LogP contribution < -0.4 is 0 Å². The number of ether oxygens (including phenoxy) is 1. The number of esters is 1. The normalized spacial score (nSPS) is 9.77. The molecule has 0 aliphatic carbocycles. The number of nitrogens with zero attached hydrogens (tertiary/aromatic N) is 1. The third kappa shape index (κ3) is 2.18. The van der Waals surface area contributed by atoms with Gasteiger partial charge >= 0.3 is 5.97 Å². The number of pyridine rings is 1. The van der Waals surface area contributed by atoms with E-state index in [2.05, 4.69) is 9.72 Å². The van der Waals surface area contributed by atoms with Crippen LogP contribution in [0.3, 0.4) is 0 Å². The predicted molar refractivity (Wildman–Crippen MR) is 50.0 cm³/mol. The number of carbonyl (C=O) groups excluding carboxylic acids is 1. The smallest absolute Gasteiger partial charge is 0.339 e. The van der Waals surface area contributed by atoms with Crippen LogP contribution >= 0.6 is 11.6 Å². The first-order chi connectivity index (χ1) is 6.19. The summed E-state index contributed by atoms with van der Waals surface area (Å²) >= 11 is 5.68. The lowest BCUT2D eigenvalue weighted by Crippen LogP contribution is -2.06. The Morgan fingerprint density at radius 2 is 2.31 bits per heavy atom. The van der Waals surface area contributed by atoms with E-state index in [0.717, 1.165) is 0 Å². The van der Waals surface area contributed by atoms with E-state index in [1.807, 2.05) is 6.92 Å². The van der Waals surface area contributed by atoms with Gasteiger partial charge in [0.15, 0.2) is 0 Å². The zero-order valence-electron chi connectivity index (χ0n) is 7.50. The van der Waals surface area contributed by atoms with Crippen LogP contribution in [-0.4, -0.2) is 18.1 Å². The molecule has 0 spiro atoms.